The van der Waals surface area contributed by atoms with E-state index in [2.05, 4.69) is 15.5 Å². The molecule has 2 aliphatic heterocycles. The molecule has 0 saturated carbocycles. The van der Waals surface area contributed by atoms with Crippen molar-refractivity contribution < 1.29 is 27.2 Å². The summed E-state index contributed by atoms with van der Waals surface area (Å²) in [6.45, 7) is 0.879. The van der Waals surface area contributed by atoms with Crippen LogP contribution in [0.3, 0.4) is 0 Å². The summed E-state index contributed by atoms with van der Waals surface area (Å²) in [7, 11) is 1.97. The highest BCUT2D eigenvalue weighted by molar-refractivity contribution is 6.07. The molecule has 31 heavy (non-hydrogen) atoms. The number of halogens is 4. The average molecular weight is 435 g/mol. The van der Waals surface area contributed by atoms with Crippen molar-refractivity contribution in [2.24, 2.45) is 0 Å². The standard InChI is InChI=1S/C22H21F4N3O2/c1-29-8-3-2-7-17(29)19-18-15(21(31)28-19)5-4-6-16(18)27-20(30)12-9-13(22(24,25)26)11-14(23)10-12/h4-6,9-11,17,19H,2-3,7-8H2,1H3,(H,27,30)(H,28,31)/t17-,19-/m0/s1. The van der Waals surface area contributed by atoms with Crippen LogP contribution in [0.1, 0.15) is 57.1 Å². The Morgan fingerprint density at radius 1 is 1.19 bits per heavy atom. The Labute approximate surface area is 176 Å². The van der Waals surface area contributed by atoms with Crippen LogP contribution in [0.15, 0.2) is 36.4 Å². The monoisotopic (exact) mass is 435 g/mol. The summed E-state index contributed by atoms with van der Waals surface area (Å²) in [6, 6.07) is 6.21. The minimum absolute atomic E-state index is 0.0306. The Morgan fingerprint density at radius 2 is 1.97 bits per heavy atom. The number of hydrogen-bond acceptors (Lipinski definition) is 3. The number of anilines is 1. The van der Waals surface area contributed by atoms with E-state index in [9.17, 15) is 27.2 Å². The van der Waals surface area contributed by atoms with Gasteiger partial charge in [0.1, 0.15) is 5.82 Å². The van der Waals surface area contributed by atoms with Crippen LogP contribution < -0.4 is 10.6 Å². The number of carbonyl (C=O) groups is 2. The fraction of sp³-hybridized carbons (Fsp3) is 0.364. The van der Waals surface area contributed by atoms with Crippen LogP contribution in [0, 0.1) is 5.82 Å². The van der Waals surface area contributed by atoms with Gasteiger partial charge in [-0.1, -0.05) is 12.5 Å². The number of nitrogens with zero attached hydrogens (tertiary/aromatic N) is 1. The van der Waals surface area contributed by atoms with Crippen LogP contribution in [0.4, 0.5) is 23.2 Å². The fourth-order valence-electron chi connectivity index (χ4n) is 4.39. The Kier molecular flexibility index (Phi) is 5.47. The number of amides is 2. The zero-order chi connectivity index (χ0) is 22.3. The van der Waals surface area contributed by atoms with Crippen LogP contribution in [-0.2, 0) is 6.18 Å². The Bertz CT molecular complexity index is 1040. The SMILES string of the molecule is CN1CCCC[C@H]1[C@@H]1NC(=O)c2cccc(NC(=O)c3cc(F)cc(C(F)(F)F)c3)c21. The van der Waals surface area contributed by atoms with Crippen molar-refractivity contribution in [3.05, 3.63) is 64.5 Å². The lowest BCUT2D eigenvalue weighted by Gasteiger charge is -2.37. The molecular weight excluding hydrogens is 414 g/mol. The number of benzene rings is 2. The van der Waals surface area contributed by atoms with Gasteiger partial charge in [0, 0.05) is 28.4 Å². The van der Waals surface area contributed by atoms with Gasteiger partial charge >= 0.3 is 6.18 Å². The number of carbonyl (C=O) groups excluding carboxylic acids is 2. The first-order valence-electron chi connectivity index (χ1n) is 9.98. The molecule has 9 heteroatoms. The maximum atomic E-state index is 13.7. The van der Waals surface area contributed by atoms with Crippen molar-refractivity contribution in [1.29, 1.82) is 0 Å². The molecule has 1 fully saturated rings. The van der Waals surface area contributed by atoms with E-state index in [4.69, 9.17) is 0 Å². The molecule has 0 radical (unpaired) electrons. The van der Waals surface area contributed by atoms with Gasteiger partial charge in [-0.2, -0.15) is 13.2 Å². The van der Waals surface area contributed by atoms with Gasteiger partial charge in [-0.05, 0) is 56.8 Å². The normalized spacial score (nSPS) is 21.5. The maximum Gasteiger partial charge on any atom is 0.416 e. The van der Waals surface area contributed by atoms with Crippen molar-refractivity contribution in [1.82, 2.24) is 10.2 Å². The van der Waals surface area contributed by atoms with Crippen LogP contribution in [0.25, 0.3) is 0 Å². The van der Waals surface area contributed by atoms with E-state index in [0.29, 0.717) is 28.9 Å². The zero-order valence-corrected chi connectivity index (χ0v) is 16.7. The molecule has 0 aliphatic carbocycles. The lowest BCUT2D eigenvalue weighted by atomic mass is 9.90. The van der Waals surface area contributed by atoms with Crippen LogP contribution in [-0.4, -0.2) is 36.3 Å². The summed E-state index contributed by atoms with van der Waals surface area (Å²) in [6.07, 6.45) is -1.85. The van der Waals surface area contributed by atoms with Crippen LogP contribution in [0.2, 0.25) is 0 Å². The Balaban J connectivity index is 1.67. The highest BCUT2D eigenvalue weighted by Crippen LogP contribution is 2.38. The van der Waals surface area contributed by atoms with Crippen molar-refractivity contribution in [3.8, 4) is 0 Å². The van der Waals surface area contributed by atoms with E-state index < -0.39 is 29.0 Å². The number of alkyl halides is 3. The summed E-state index contributed by atoms with van der Waals surface area (Å²) in [5.74, 6) is -2.30. The number of nitrogens with one attached hydrogen (secondary N) is 2. The lowest BCUT2D eigenvalue weighted by molar-refractivity contribution is -0.137. The molecule has 164 valence electrons. The minimum atomic E-state index is -4.78. The number of fused-ring (bicyclic) bond motifs is 1. The van der Waals surface area contributed by atoms with Gasteiger partial charge in [0.25, 0.3) is 11.8 Å². The first kappa shape index (κ1) is 21.3. The third kappa shape index (κ3) is 4.14. The molecular formula is C22H21F4N3O2. The van der Waals surface area contributed by atoms with Gasteiger partial charge in [-0.3, -0.25) is 9.59 Å². The molecule has 2 aromatic rings. The second-order valence-corrected chi connectivity index (χ2v) is 7.94. The smallest absolute Gasteiger partial charge is 0.344 e. The molecule has 0 spiro atoms. The van der Waals surface area contributed by atoms with Gasteiger partial charge in [0.15, 0.2) is 0 Å². The van der Waals surface area contributed by atoms with E-state index in [1.807, 2.05) is 7.05 Å². The first-order valence-corrected chi connectivity index (χ1v) is 9.98. The second kappa shape index (κ2) is 7.96. The van der Waals surface area contributed by atoms with Crippen molar-refractivity contribution in [2.75, 3.05) is 18.9 Å². The molecule has 2 amide bonds. The Morgan fingerprint density at radius 3 is 2.68 bits per heavy atom. The van der Waals surface area contributed by atoms with Gasteiger partial charge in [-0.25, -0.2) is 4.39 Å². The van der Waals surface area contributed by atoms with Gasteiger partial charge in [0.05, 0.1) is 11.6 Å². The van der Waals surface area contributed by atoms with Gasteiger partial charge < -0.3 is 15.5 Å². The Hall–Kier alpha value is -2.94. The fourth-order valence-corrected chi connectivity index (χ4v) is 4.39. The van der Waals surface area contributed by atoms with E-state index in [1.165, 1.54) is 0 Å². The molecule has 0 aromatic heterocycles. The van der Waals surface area contributed by atoms with Gasteiger partial charge in [0.2, 0.25) is 0 Å². The van der Waals surface area contributed by atoms with E-state index >= 15 is 0 Å². The zero-order valence-electron chi connectivity index (χ0n) is 16.7. The molecule has 2 heterocycles. The van der Waals surface area contributed by atoms with E-state index in [0.717, 1.165) is 31.9 Å². The van der Waals surface area contributed by atoms with Crippen molar-refractivity contribution >= 4 is 17.5 Å². The summed E-state index contributed by atoms with van der Waals surface area (Å²) in [4.78, 5) is 27.4. The third-order valence-electron chi connectivity index (χ3n) is 5.90. The number of likely N-dealkylation sites (tertiary alicyclic amines) is 1. The maximum absolute atomic E-state index is 13.7. The molecule has 0 unspecified atom stereocenters. The van der Waals surface area contributed by atoms with Gasteiger partial charge in [-0.15, -0.1) is 0 Å². The molecule has 5 nitrogen and oxygen atoms in total. The summed E-state index contributed by atoms with van der Waals surface area (Å²) in [5, 5.41) is 5.56. The predicted molar refractivity (Wildman–Crippen MR) is 106 cm³/mol. The molecule has 2 atom stereocenters. The molecule has 4 rings (SSSR count). The molecule has 1 saturated heterocycles. The topological polar surface area (TPSA) is 61.4 Å². The first-order chi connectivity index (χ1) is 14.6. The molecule has 2 N–H and O–H groups in total. The van der Waals surface area contributed by atoms with Crippen LogP contribution in [0.5, 0.6) is 0 Å². The summed E-state index contributed by atoms with van der Waals surface area (Å²) in [5.41, 5.74) is -0.352. The number of likely N-dealkylation sites (N-methyl/N-ethyl adjacent to an activating group) is 1. The number of rotatable bonds is 3. The number of piperidine rings is 1. The lowest BCUT2D eigenvalue weighted by Crippen LogP contribution is -2.44. The highest BCUT2D eigenvalue weighted by atomic mass is 19.4. The quantitative estimate of drug-likeness (QED) is 0.704. The predicted octanol–water partition coefficient (Wildman–Crippen LogP) is 4.37. The minimum Gasteiger partial charge on any atom is -0.344 e. The van der Waals surface area contributed by atoms with Crippen molar-refractivity contribution in [2.45, 2.75) is 37.5 Å². The second-order valence-electron chi connectivity index (χ2n) is 7.94. The third-order valence-corrected chi connectivity index (χ3v) is 5.90. The molecule has 2 aromatic carbocycles. The summed E-state index contributed by atoms with van der Waals surface area (Å²) < 4.78 is 52.8. The molecule has 2 aliphatic rings. The average Bonchev–Trinajstić information content (AvgIpc) is 3.05. The van der Waals surface area contributed by atoms with Crippen LogP contribution >= 0.6 is 0 Å². The largest absolute Gasteiger partial charge is 0.416 e. The van der Waals surface area contributed by atoms with E-state index in [1.54, 1.807) is 18.2 Å². The summed E-state index contributed by atoms with van der Waals surface area (Å²) >= 11 is 0. The van der Waals surface area contributed by atoms with Crippen molar-refractivity contribution in [3.63, 3.8) is 0 Å². The highest BCUT2D eigenvalue weighted by Gasteiger charge is 2.39. The molecule has 0 bridgehead atoms. The van der Waals surface area contributed by atoms with E-state index in [-0.39, 0.29) is 18.0 Å². The number of hydrogen-bond donors (Lipinski definition) is 2.